The van der Waals surface area contributed by atoms with E-state index in [2.05, 4.69) is 43.1 Å². The van der Waals surface area contributed by atoms with Crippen LogP contribution in [-0.4, -0.2) is 24.0 Å². The maximum Gasteiger partial charge on any atom is 0.0740 e. The van der Waals surface area contributed by atoms with Crippen molar-refractivity contribution in [1.82, 2.24) is 4.90 Å². The van der Waals surface area contributed by atoms with Gasteiger partial charge in [-0.15, -0.1) is 11.6 Å². The van der Waals surface area contributed by atoms with E-state index in [0.717, 1.165) is 0 Å². The highest BCUT2D eigenvalue weighted by atomic mass is 35.5. The van der Waals surface area contributed by atoms with Crippen LogP contribution < -0.4 is 0 Å². The summed E-state index contributed by atoms with van der Waals surface area (Å²) in [5, 5.41) is 0.126. The molecule has 1 unspecified atom stereocenters. The van der Waals surface area contributed by atoms with Crippen molar-refractivity contribution in [2.24, 2.45) is 0 Å². The summed E-state index contributed by atoms with van der Waals surface area (Å²) < 4.78 is 0. The number of likely N-dealkylation sites (N-methyl/N-ethyl adjacent to an activating group) is 1. The molecular weight excluding hydrogens is 206 g/mol. The number of rotatable bonds is 2. The van der Waals surface area contributed by atoms with E-state index in [1.807, 2.05) is 6.07 Å². The Hall–Kier alpha value is -0.530. The van der Waals surface area contributed by atoms with Gasteiger partial charge in [0.15, 0.2) is 0 Å². The molecular formula is C13H18ClN. The van der Waals surface area contributed by atoms with Crippen LogP contribution >= 0.6 is 11.6 Å². The largest absolute Gasteiger partial charge is 0.299 e. The molecule has 1 aliphatic rings. The van der Waals surface area contributed by atoms with E-state index in [-0.39, 0.29) is 5.38 Å². The van der Waals surface area contributed by atoms with Gasteiger partial charge < -0.3 is 0 Å². The van der Waals surface area contributed by atoms with Crippen LogP contribution in [0, 0.1) is 0 Å². The Bertz CT molecular complexity index is 312. The van der Waals surface area contributed by atoms with Crippen molar-refractivity contribution in [3.63, 3.8) is 0 Å². The summed E-state index contributed by atoms with van der Waals surface area (Å²) in [5.41, 5.74) is 1.24. The second-order valence-electron chi connectivity index (χ2n) is 4.47. The van der Waals surface area contributed by atoms with Crippen molar-refractivity contribution in [2.45, 2.75) is 37.2 Å². The molecule has 0 bridgehead atoms. The minimum atomic E-state index is 0.126. The summed E-state index contributed by atoms with van der Waals surface area (Å²) >= 11 is 6.53. The van der Waals surface area contributed by atoms with Crippen LogP contribution in [0.2, 0.25) is 0 Å². The van der Waals surface area contributed by atoms with Gasteiger partial charge in [-0.05, 0) is 32.4 Å². The van der Waals surface area contributed by atoms with Crippen molar-refractivity contribution < 1.29 is 0 Å². The van der Waals surface area contributed by atoms with Crippen molar-refractivity contribution in [3.05, 3.63) is 35.9 Å². The maximum atomic E-state index is 6.53. The van der Waals surface area contributed by atoms with Crippen LogP contribution in [0.25, 0.3) is 0 Å². The number of halogens is 1. The highest BCUT2D eigenvalue weighted by Crippen LogP contribution is 2.35. The topological polar surface area (TPSA) is 3.24 Å². The van der Waals surface area contributed by atoms with Crippen molar-refractivity contribution >= 4 is 11.6 Å². The molecule has 2 rings (SSSR count). The van der Waals surface area contributed by atoms with E-state index in [9.17, 15) is 0 Å². The molecule has 1 aromatic rings. The van der Waals surface area contributed by atoms with E-state index in [1.54, 1.807) is 0 Å². The summed E-state index contributed by atoms with van der Waals surface area (Å²) in [6.07, 6.45) is 2.47. The summed E-state index contributed by atoms with van der Waals surface area (Å²) in [6, 6.07) is 11.5. The van der Waals surface area contributed by atoms with Crippen molar-refractivity contribution in [1.29, 1.82) is 0 Å². The van der Waals surface area contributed by atoms with Gasteiger partial charge in [0, 0.05) is 12.1 Å². The minimum Gasteiger partial charge on any atom is -0.299 e. The van der Waals surface area contributed by atoms with Gasteiger partial charge in [0.1, 0.15) is 0 Å². The third kappa shape index (κ3) is 2.19. The minimum absolute atomic E-state index is 0.126. The molecule has 1 nitrogen and oxygen atoms in total. The quantitative estimate of drug-likeness (QED) is 0.695. The zero-order valence-electron chi connectivity index (χ0n) is 9.36. The second kappa shape index (κ2) is 4.54. The lowest BCUT2D eigenvalue weighted by atomic mass is 10.0. The second-order valence-corrected chi connectivity index (χ2v) is 4.94. The third-order valence-corrected chi connectivity index (χ3v) is 4.10. The van der Waals surface area contributed by atoms with Crippen LogP contribution in [-0.2, 0) is 0 Å². The lowest BCUT2D eigenvalue weighted by Crippen LogP contribution is -2.33. The molecule has 0 N–H and O–H groups in total. The first-order valence-electron chi connectivity index (χ1n) is 5.61. The molecule has 3 atom stereocenters. The lowest BCUT2D eigenvalue weighted by Gasteiger charge is -2.27. The van der Waals surface area contributed by atoms with E-state index >= 15 is 0 Å². The molecule has 0 amide bonds. The van der Waals surface area contributed by atoms with Gasteiger partial charge in [0.05, 0.1) is 5.38 Å². The normalized spacial score (nSPS) is 29.3. The zero-order valence-corrected chi connectivity index (χ0v) is 10.1. The summed E-state index contributed by atoms with van der Waals surface area (Å²) in [7, 11) is 2.18. The van der Waals surface area contributed by atoms with Crippen LogP contribution in [0.3, 0.4) is 0 Å². The Kier molecular flexibility index (Phi) is 3.32. The standard InChI is InChI=1S/C13H18ClN/c1-10-8-9-12(15(10)2)13(14)11-6-4-3-5-7-11/h3-7,10,12-13H,8-9H2,1-2H3/t10-,12+,13?/m0/s1. The molecule has 1 aliphatic heterocycles. The van der Waals surface area contributed by atoms with Crippen LogP contribution in [0.5, 0.6) is 0 Å². The van der Waals surface area contributed by atoms with Crippen molar-refractivity contribution in [3.8, 4) is 0 Å². The van der Waals surface area contributed by atoms with Crippen LogP contribution in [0.4, 0.5) is 0 Å². The Balaban J connectivity index is 2.12. The predicted molar refractivity (Wildman–Crippen MR) is 65.3 cm³/mol. The first-order valence-corrected chi connectivity index (χ1v) is 6.04. The lowest BCUT2D eigenvalue weighted by molar-refractivity contribution is 0.247. The average Bonchev–Trinajstić information content (AvgIpc) is 2.60. The van der Waals surface area contributed by atoms with Gasteiger partial charge in [-0.25, -0.2) is 0 Å². The first kappa shape index (κ1) is 11.0. The molecule has 1 aromatic carbocycles. The van der Waals surface area contributed by atoms with Gasteiger partial charge in [-0.2, -0.15) is 0 Å². The summed E-state index contributed by atoms with van der Waals surface area (Å²) in [5.74, 6) is 0. The number of nitrogens with zero attached hydrogens (tertiary/aromatic N) is 1. The number of alkyl halides is 1. The zero-order chi connectivity index (χ0) is 10.8. The van der Waals surface area contributed by atoms with Gasteiger partial charge in [0.25, 0.3) is 0 Å². The summed E-state index contributed by atoms with van der Waals surface area (Å²) in [4.78, 5) is 2.41. The van der Waals surface area contributed by atoms with E-state index in [4.69, 9.17) is 11.6 Å². The SMILES string of the molecule is C[C@H]1CC[C@H](C(Cl)c2ccccc2)N1C. The van der Waals surface area contributed by atoms with E-state index in [1.165, 1.54) is 18.4 Å². The highest BCUT2D eigenvalue weighted by molar-refractivity contribution is 6.21. The number of likely N-dealkylation sites (tertiary alicyclic amines) is 1. The molecule has 0 radical (unpaired) electrons. The molecule has 2 heteroatoms. The third-order valence-electron chi connectivity index (χ3n) is 3.55. The average molecular weight is 224 g/mol. The first-order chi connectivity index (χ1) is 7.20. The van der Waals surface area contributed by atoms with E-state index in [0.29, 0.717) is 12.1 Å². The predicted octanol–water partition coefficient (Wildman–Crippen LogP) is 3.45. The summed E-state index contributed by atoms with van der Waals surface area (Å²) in [6.45, 7) is 2.27. The number of benzene rings is 1. The van der Waals surface area contributed by atoms with Gasteiger partial charge >= 0.3 is 0 Å². The van der Waals surface area contributed by atoms with Gasteiger partial charge in [-0.1, -0.05) is 30.3 Å². The maximum absolute atomic E-state index is 6.53. The Morgan fingerprint density at radius 3 is 2.47 bits per heavy atom. The molecule has 0 spiro atoms. The van der Waals surface area contributed by atoms with Crippen molar-refractivity contribution in [2.75, 3.05) is 7.05 Å². The molecule has 1 heterocycles. The fourth-order valence-electron chi connectivity index (χ4n) is 2.36. The number of hydrogen-bond acceptors (Lipinski definition) is 1. The molecule has 1 saturated heterocycles. The smallest absolute Gasteiger partial charge is 0.0740 e. The fraction of sp³-hybridized carbons (Fsp3) is 0.538. The molecule has 0 aliphatic carbocycles. The Morgan fingerprint density at radius 1 is 1.27 bits per heavy atom. The van der Waals surface area contributed by atoms with Gasteiger partial charge in [0.2, 0.25) is 0 Å². The molecule has 0 aromatic heterocycles. The van der Waals surface area contributed by atoms with Crippen LogP contribution in [0.1, 0.15) is 30.7 Å². The van der Waals surface area contributed by atoms with Gasteiger partial charge in [-0.3, -0.25) is 4.90 Å². The monoisotopic (exact) mass is 223 g/mol. The van der Waals surface area contributed by atoms with E-state index < -0.39 is 0 Å². The molecule has 15 heavy (non-hydrogen) atoms. The molecule has 1 fully saturated rings. The Morgan fingerprint density at radius 2 is 1.93 bits per heavy atom. The fourth-order valence-corrected chi connectivity index (χ4v) is 2.81. The van der Waals surface area contributed by atoms with Crippen LogP contribution in [0.15, 0.2) is 30.3 Å². The highest BCUT2D eigenvalue weighted by Gasteiger charge is 2.32. The molecule has 82 valence electrons. The Labute approximate surface area is 97.0 Å². The number of hydrogen-bond donors (Lipinski definition) is 0. The molecule has 0 saturated carbocycles.